The number of benzene rings is 1. The zero-order valence-electron chi connectivity index (χ0n) is 14.9. The van der Waals surface area contributed by atoms with E-state index in [4.69, 9.17) is 4.74 Å². The molecule has 0 fully saturated rings. The van der Waals surface area contributed by atoms with Crippen LogP contribution in [-0.4, -0.2) is 28.9 Å². The highest BCUT2D eigenvalue weighted by Crippen LogP contribution is 2.19. The number of nitrogens with one attached hydrogen (secondary N) is 2. The highest BCUT2D eigenvalue weighted by molar-refractivity contribution is 6.05. The Balaban J connectivity index is 1.68. The van der Waals surface area contributed by atoms with Crippen molar-refractivity contribution in [3.8, 4) is 5.75 Å². The number of anilines is 2. The lowest BCUT2D eigenvalue weighted by Crippen LogP contribution is -2.15. The van der Waals surface area contributed by atoms with E-state index in [0.29, 0.717) is 28.4 Å². The van der Waals surface area contributed by atoms with Crippen molar-refractivity contribution in [1.82, 2.24) is 9.97 Å². The van der Waals surface area contributed by atoms with Crippen molar-refractivity contribution in [2.75, 3.05) is 17.7 Å². The van der Waals surface area contributed by atoms with E-state index in [1.807, 2.05) is 6.92 Å². The molecule has 7 nitrogen and oxygen atoms in total. The van der Waals surface area contributed by atoms with Crippen molar-refractivity contribution in [2.24, 2.45) is 0 Å². The fraction of sp³-hybridized carbons (Fsp3) is 0.100. The summed E-state index contributed by atoms with van der Waals surface area (Å²) in [4.78, 5) is 32.6. The molecule has 2 heterocycles. The third-order valence-corrected chi connectivity index (χ3v) is 3.90. The van der Waals surface area contributed by atoms with Crippen LogP contribution in [0.5, 0.6) is 5.75 Å². The first-order valence-corrected chi connectivity index (χ1v) is 8.20. The minimum absolute atomic E-state index is 0.252. The minimum atomic E-state index is -0.280. The van der Waals surface area contributed by atoms with Crippen LogP contribution in [0.3, 0.4) is 0 Å². The summed E-state index contributed by atoms with van der Waals surface area (Å²) in [7, 11) is 1.57. The quantitative estimate of drug-likeness (QED) is 0.726. The lowest BCUT2D eigenvalue weighted by molar-refractivity contribution is 0.101. The Kier molecular flexibility index (Phi) is 5.41. The molecular weight excluding hydrogens is 344 g/mol. The van der Waals surface area contributed by atoms with Crippen LogP contribution < -0.4 is 15.4 Å². The molecule has 2 N–H and O–H groups in total. The van der Waals surface area contributed by atoms with Crippen LogP contribution in [0.4, 0.5) is 11.5 Å². The molecule has 7 heteroatoms. The molecule has 0 aliphatic carbocycles. The maximum atomic E-state index is 12.3. The van der Waals surface area contributed by atoms with Gasteiger partial charge in [-0.15, -0.1) is 0 Å². The van der Waals surface area contributed by atoms with Crippen LogP contribution in [0, 0.1) is 6.92 Å². The van der Waals surface area contributed by atoms with Gasteiger partial charge in [0, 0.05) is 23.5 Å². The summed E-state index contributed by atoms with van der Waals surface area (Å²) in [6, 6.07) is 11.7. The fourth-order valence-corrected chi connectivity index (χ4v) is 2.38. The normalized spacial score (nSPS) is 10.1. The number of carbonyl (C=O) groups is 2. The number of amides is 2. The summed E-state index contributed by atoms with van der Waals surface area (Å²) in [6.07, 6.45) is 4.62. The lowest BCUT2D eigenvalue weighted by atomic mass is 10.2. The molecule has 0 bridgehead atoms. The molecule has 2 amide bonds. The van der Waals surface area contributed by atoms with E-state index in [9.17, 15) is 9.59 Å². The third kappa shape index (κ3) is 4.46. The highest BCUT2D eigenvalue weighted by Gasteiger charge is 2.11. The number of pyridine rings is 2. The van der Waals surface area contributed by atoms with Crippen molar-refractivity contribution in [3.63, 3.8) is 0 Å². The first kappa shape index (κ1) is 18.1. The first-order valence-electron chi connectivity index (χ1n) is 8.20. The molecule has 0 unspecified atom stereocenters. The summed E-state index contributed by atoms with van der Waals surface area (Å²) in [5.41, 5.74) is 2.34. The van der Waals surface area contributed by atoms with Crippen molar-refractivity contribution < 1.29 is 14.3 Å². The molecule has 0 saturated heterocycles. The molecule has 2 aromatic heterocycles. The standard InChI is InChI=1S/C20H18N4O3/c1-13-11-18(24-20(26)14-3-5-16(27-2)6-4-14)22-12-17(13)23-19(25)15-7-9-21-10-8-15/h3-12H,1-2H3,(H,23,25)(H,22,24,26). The fourth-order valence-electron chi connectivity index (χ4n) is 2.38. The van der Waals surface area contributed by atoms with Gasteiger partial charge in [-0.1, -0.05) is 0 Å². The molecule has 0 aliphatic heterocycles. The van der Waals surface area contributed by atoms with Crippen molar-refractivity contribution in [1.29, 1.82) is 0 Å². The SMILES string of the molecule is COc1ccc(C(=O)Nc2cc(C)c(NC(=O)c3ccncc3)cn2)cc1. The van der Waals surface area contributed by atoms with Gasteiger partial charge in [-0.05, 0) is 55.0 Å². The molecule has 0 aliphatic rings. The van der Waals surface area contributed by atoms with Crippen molar-refractivity contribution >= 4 is 23.3 Å². The van der Waals surface area contributed by atoms with E-state index in [-0.39, 0.29) is 11.8 Å². The smallest absolute Gasteiger partial charge is 0.256 e. The Morgan fingerprint density at radius 3 is 2.19 bits per heavy atom. The zero-order valence-corrected chi connectivity index (χ0v) is 14.9. The molecule has 1 aromatic carbocycles. The maximum Gasteiger partial charge on any atom is 0.256 e. The van der Waals surface area contributed by atoms with E-state index >= 15 is 0 Å². The van der Waals surface area contributed by atoms with Crippen LogP contribution in [0.1, 0.15) is 26.3 Å². The summed E-state index contributed by atoms with van der Waals surface area (Å²) in [5.74, 6) is 0.542. The Labute approximate surface area is 156 Å². The Bertz CT molecular complexity index is 957. The highest BCUT2D eigenvalue weighted by atomic mass is 16.5. The zero-order chi connectivity index (χ0) is 19.2. The van der Waals surface area contributed by atoms with Crippen LogP contribution >= 0.6 is 0 Å². The number of hydrogen-bond donors (Lipinski definition) is 2. The average Bonchev–Trinajstić information content (AvgIpc) is 2.70. The van der Waals surface area contributed by atoms with Crippen LogP contribution in [0.25, 0.3) is 0 Å². The second-order valence-electron chi connectivity index (χ2n) is 5.76. The van der Waals surface area contributed by atoms with Crippen molar-refractivity contribution in [3.05, 3.63) is 77.7 Å². The van der Waals surface area contributed by atoms with Gasteiger partial charge in [0.2, 0.25) is 0 Å². The molecule has 27 heavy (non-hydrogen) atoms. The number of aryl methyl sites for hydroxylation is 1. The van der Waals surface area contributed by atoms with Crippen LogP contribution in [0.2, 0.25) is 0 Å². The predicted octanol–water partition coefficient (Wildman–Crippen LogP) is 3.30. The van der Waals surface area contributed by atoms with E-state index in [1.165, 1.54) is 6.20 Å². The molecule has 0 saturated carbocycles. The second kappa shape index (κ2) is 8.09. The maximum absolute atomic E-state index is 12.3. The van der Waals surface area contributed by atoms with Gasteiger partial charge in [-0.25, -0.2) is 4.98 Å². The third-order valence-electron chi connectivity index (χ3n) is 3.90. The van der Waals surface area contributed by atoms with Gasteiger partial charge in [0.05, 0.1) is 19.0 Å². The molecule has 3 aromatic rings. The first-order chi connectivity index (χ1) is 13.1. The molecular formula is C20H18N4O3. The monoisotopic (exact) mass is 362 g/mol. The summed E-state index contributed by atoms with van der Waals surface area (Å²) in [6.45, 7) is 1.83. The van der Waals surface area contributed by atoms with Crippen molar-refractivity contribution in [2.45, 2.75) is 6.92 Å². The summed E-state index contributed by atoms with van der Waals surface area (Å²) in [5, 5.41) is 5.53. The number of methoxy groups -OCH3 is 1. The van der Waals surface area contributed by atoms with Gasteiger partial charge in [-0.2, -0.15) is 0 Å². The van der Waals surface area contributed by atoms with Gasteiger partial charge < -0.3 is 15.4 Å². The Hall–Kier alpha value is -3.74. The average molecular weight is 362 g/mol. The topological polar surface area (TPSA) is 93.2 Å². The molecule has 0 spiro atoms. The Morgan fingerprint density at radius 1 is 0.926 bits per heavy atom. The van der Waals surface area contributed by atoms with Gasteiger partial charge in [-0.3, -0.25) is 14.6 Å². The minimum Gasteiger partial charge on any atom is -0.497 e. The van der Waals surface area contributed by atoms with Crippen LogP contribution in [-0.2, 0) is 0 Å². The van der Waals surface area contributed by atoms with Crippen LogP contribution in [0.15, 0.2) is 61.1 Å². The van der Waals surface area contributed by atoms with Gasteiger partial charge >= 0.3 is 0 Å². The number of rotatable bonds is 5. The van der Waals surface area contributed by atoms with E-state index in [2.05, 4.69) is 20.6 Å². The Morgan fingerprint density at radius 2 is 1.56 bits per heavy atom. The van der Waals surface area contributed by atoms with Gasteiger partial charge in [0.25, 0.3) is 11.8 Å². The van der Waals surface area contributed by atoms with E-state index in [1.54, 1.807) is 62.0 Å². The van der Waals surface area contributed by atoms with Gasteiger partial charge in [0.15, 0.2) is 0 Å². The van der Waals surface area contributed by atoms with E-state index in [0.717, 1.165) is 5.56 Å². The lowest BCUT2D eigenvalue weighted by Gasteiger charge is -2.10. The van der Waals surface area contributed by atoms with E-state index < -0.39 is 0 Å². The number of aromatic nitrogens is 2. The predicted molar refractivity (Wildman–Crippen MR) is 102 cm³/mol. The molecule has 0 radical (unpaired) electrons. The van der Waals surface area contributed by atoms with Gasteiger partial charge in [0.1, 0.15) is 11.6 Å². The number of nitrogens with zero attached hydrogens (tertiary/aromatic N) is 2. The summed E-state index contributed by atoms with van der Waals surface area (Å²) >= 11 is 0. The largest absolute Gasteiger partial charge is 0.497 e. The molecule has 3 rings (SSSR count). The summed E-state index contributed by atoms with van der Waals surface area (Å²) < 4.78 is 5.08. The number of hydrogen-bond acceptors (Lipinski definition) is 5. The number of ether oxygens (including phenoxy) is 1. The molecule has 0 atom stereocenters. The number of carbonyl (C=O) groups excluding carboxylic acids is 2. The second-order valence-corrected chi connectivity index (χ2v) is 5.76. The molecule has 136 valence electrons.